The zero-order valence-corrected chi connectivity index (χ0v) is 13.5. The summed E-state index contributed by atoms with van der Waals surface area (Å²) in [5, 5.41) is 11.0. The van der Waals surface area contributed by atoms with Crippen LogP contribution in [-0.2, 0) is 0 Å². The molecule has 0 saturated carbocycles. The highest BCUT2D eigenvalue weighted by molar-refractivity contribution is 8.00. The van der Waals surface area contributed by atoms with E-state index >= 15 is 0 Å². The Hall–Kier alpha value is -0.0900. The number of hydrogen-bond acceptors (Lipinski definition) is 3. The van der Waals surface area contributed by atoms with E-state index in [0.717, 1.165) is 17.9 Å². The first-order chi connectivity index (χ1) is 9.01. The van der Waals surface area contributed by atoms with E-state index in [0.29, 0.717) is 21.3 Å². The minimum atomic E-state index is 0.0471. The van der Waals surface area contributed by atoms with Gasteiger partial charge in [-0.3, -0.25) is 0 Å². The SMILES string of the molecule is CC[C@H]1C[C@H](Sc2cc(Cl)c(O)cc2Cl)CCN1C. The fourth-order valence-corrected chi connectivity index (χ4v) is 4.28. The Kier molecular flexibility index (Phi) is 5.29. The monoisotopic (exact) mass is 319 g/mol. The van der Waals surface area contributed by atoms with Gasteiger partial charge in [0.1, 0.15) is 5.75 Å². The normalized spacial score (nSPS) is 24.6. The zero-order chi connectivity index (χ0) is 14.0. The summed E-state index contributed by atoms with van der Waals surface area (Å²) in [6.45, 7) is 3.36. The molecule has 0 aliphatic carbocycles. The van der Waals surface area contributed by atoms with Crippen molar-refractivity contribution in [3.8, 4) is 5.75 Å². The van der Waals surface area contributed by atoms with E-state index in [9.17, 15) is 5.11 Å². The van der Waals surface area contributed by atoms with Crippen molar-refractivity contribution < 1.29 is 5.11 Å². The van der Waals surface area contributed by atoms with Gasteiger partial charge < -0.3 is 10.0 Å². The van der Waals surface area contributed by atoms with Gasteiger partial charge in [0.05, 0.1) is 10.0 Å². The lowest BCUT2D eigenvalue weighted by molar-refractivity contribution is 0.185. The van der Waals surface area contributed by atoms with Crippen LogP contribution in [0.4, 0.5) is 0 Å². The third-order valence-corrected chi connectivity index (χ3v) is 5.81. The predicted molar refractivity (Wildman–Crippen MR) is 83.7 cm³/mol. The molecule has 1 aromatic rings. The number of rotatable bonds is 3. The Morgan fingerprint density at radius 3 is 2.79 bits per heavy atom. The summed E-state index contributed by atoms with van der Waals surface area (Å²) in [7, 11) is 2.19. The van der Waals surface area contributed by atoms with Gasteiger partial charge >= 0.3 is 0 Å². The highest BCUT2D eigenvalue weighted by atomic mass is 35.5. The van der Waals surface area contributed by atoms with Gasteiger partial charge in [0.25, 0.3) is 0 Å². The first kappa shape index (κ1) is 15.3. The summed E-state index contributed by atoms with van der Waals surface area (Å²) in [4.78, 5) is 3.40. The van der Waals surface area contributed by atoms with Gasteiger partial charge in [0.15, 0.2) is 0 Å². The third-order valence-electron chi connectivity index (χ3n) is 3.73. The second kappa shape index (κ2) is 6.57. The molecule has 19 heavy (non-hydrogen) atoms. The number of phenols is 1. The van der Waals surface area contributed by atoms with E-state index in [4.69, 9.17) is 23.2 Å². The molecule has 5 heteroatoms. The first-order valence-electron chi connectivity index (χ1n) is 6.56. The second-order valence-electron chi connectivity index (χ2n) is 5.04. The van der Waals surface area contributed by atoms with Crippen molar-refractivity contribution in [2.45, 2.75) is 42.4 Å². The number of aromatic hydroxyl groups is 1. The van der Waals surface area contributed by atoms with Crippen molar-refractivity contribution in [2.75, 3.05) is 13.6 Å². The Balaban J connectivity index is 2.07. The maximum atomic E-state index is 9.51. The molecule has 1 aromatic carbocycles. The molecule has 1 saturated heterocycles. The van der Waals surface area contributed by atoms with Crippen LogP contribution in [0.1, 0.15) is 26.2 Å². The summed E-state index contributed by atoms with van der Waals surface area (Å²) in [5.74, 6) is 0.0471. The molecular formula is C14H19Cl2NOS. The topological polar surface area (TPSA) is 23.5 Å². The summed E-state index contributed by atoms with van der Waals surface area (Å²) < 4.78 is 0. The van der Waals surface area contributed by atoms with Gasteiger partial charge in [-0.1, -0.05) is 30.1 Å². The second-order valence-corrected chi connectivity index (χ2v) is 7.20. The Morgan fingerprint density at radius 2 is 2.11 bits per heavy atom. The smallest absolute Gasteiger partial charge is 0.135 e. The molecule has 0 radical (unpaired) electrons. The molecule has 0 bridgehead atoms. The molecule has 0 spiro atoms. The van der Waals surface area contributed by atoms with E-state index in [1.54, 1.807) is 17.8 Å². The van der Waals surface area contributed by atoms with Crippen LogP contribution >= 0.6 is 35.0 Å². The summed E-state index contributed by atoms with van der Waals surface area (Å²) in [6.07, 6.45) is 3.51. The van der Waals surface area contributed by atoms with E-state index in [2.05, 4.69) is 18.9 Å². The Morgan fingerprint density at radius 1 is 1.37 bits per heavy atom. The lowest BCUT2D eigenvalue weighted by Gasteiger charge is -2.36. The number of piperidine rings is 1. The minimum absolute atomic E-state index is 0.0471. The maximum Gasteiger partial charge on any atom is 0.135 e. The van der Waals surface area contributed by atoms with Gasteiger partial charge in [-0.25, -0.2) is 0 Å². The van der Waals surface area contributed by atoms with Crippen molar-refractivity contribution >= 4 is 35.0 Å². The molecule has 1 fully saturated rings. The average Bonchev–Trinajstić information content (AvgIpc) is 2.38. The van der Waals surface area contributed by atoms with Crippen LogP contribution in [0.2, 0.25) is 10.0 Å². The van der Waals surface area contributed by atoms with Gasteiger partial charge in [-0.2, -0.15) is 0 Å². The third kappa shape index (κ3) is 3.72. The summed E-state index contributed by atoms with van der Waals surface area (Å²) in [5.41, 5.74) is 0. The number of benzene rings is 1. The predicted octanol–water partition coefficient (Wildman–Crippen LogP) is 4.66. The molecule has 1 aliphatic heterocycles. The van der Waals surface area contributed by atoms with Gasteiger partial charge in [0.2, 0.25) is 0 Å². The number of hydrogen-bond donors (Lipinski definition) is 1. The molecule has 0 aromatic heterocycles. The molecule has 1 heterocycles. The molecule has 2 nitrogen and oxygen atoms in total. The Labute approximate surface area is 129 Å². The highest BCUT2D eigenvalue weighted by Crippen LogP contribution is 2.40. The molecule has 1 aliphatic rings. The number of halogens is 2. The van der Waals surface area contributed by atoms with E-state index in [1.165, 1.54) is 18.9 Å². The van der Waals surface area contributed by atoms with Crippen LogP contribution in [-0.4, -0.2) is 34.9 Å². The quantitative estimate of drug-likeness (QED) is 0.876. The molecule has 1 N–H and O–H groups in total. The number of nitrogens with zero attached hydrogens (tertiary/aromatic N) is 1. The van der Waals surface area contributed by atoms with Crippen molar-refractivity contribution in [1.29, 1.82) is 0 Å². The standard InChI is InChI=1S/C14H19Cl2NOS/c1-3-9-6-10(4-5-17(9)2)19-14-8-11(15)13(18)7-12(14)16/h7-10,18H,3-6H2,1-2H3/t9-,10+/m0/s1. The number of likely N-dealkylation sites (tertiary alicyclic amines) is 1. The van der Waals surface area contributed by atoms with Crippen molar-refractivity contribution in [3.63, 3.8) is 0 Å². The van der Waals surface area contributed by atoms with Gasteiger partial charge in [0, 0.05) is 22.3 Å². The minimum Gasteiger partial charge on any atom is -0.506 e. The molecule has 2 rings (SSSR count). The summed E-state index contributed by atoms with van der Waals surface area (Å²) in [6, 6.07) is 3.94. The molecule has 0 amide bonds. The van der Waals surface area contributed by atoms with Crippen LogP contribution in [0.25, 0.3) is 0 Å². The fraction of sp³-hybridized carbons (Fsp3) is 0.571. The van der Waals surface area contributed by atoms with Crippen LogP contribution < -0.4 is 0 Å². The number of phenolic OH excluding ortho intramolecular Hbond substituents is 1. The zero-order valence-electron chi connectivity index (χ0n) is 11.2. The molecule has 0 unspecified atom stereocenters. The summed E-state index contributed by atoms with van der Waals surface area (Å²) >= 11 is 13.9. The first-order valence-corrected chi connectivity index (χ1v) is 8.19. The van der Waals surface area contributed by atoms with Crippen LogP contribution in [0, 0.1) is 0 Å². The van der Waals surface area contributed by atoms with Crippen LogP contribution in [0.5, 0.6) is 5.75 Å². The van der Waals surface area contributed by atoms with Crippen LogP contribution in [0.15, 0.2) is 17.0 Å². The lowest BCUT2D eigenvalue weighted by Crippen LogP contribution is -2.40. The van der Waals surface area contributed by atoms with E-state index in [1.807, 2.05) is 0 Å². The van der Waals surface area contributed by atoms with E-state index < -0.39 is 0 Å². The molecule has 2 atom stereocenters. The Bertz CT molecular complexity index is 455. The van der Waals surface area contributed by atoms with Gasteiger partial charge in [-0.05, 0) is 38.9 Å². The average molecular weight is 320 g/mol. The van der Waals surface area contributed by atoms with E-state index in [-0.39, 0.29) is 5.75 Å². The molecular weight excluding hydrogens is 301 g/mol. The largest absolute Gasteiger partial charge is 0.506 e. The fourth-order valence-electron chi connectivity index (χ4n) is 2.50. The van der Waals surface area contributed by atoms with Gasteiger partial charge in [-0.15, -0.1) is 11.8 Å². The van der Waals surface area contributed by atoms with Crippen molar-refractivity contribution in [2.24, 2.45) is 0 Å². The number of thioether (sulfide) groups is 1. The van der Waals surface area contributed by atoms with Crippen molar-refractivity contribution in [1.82, 2.24) is 4.90 Å². The molecule has 106 valence electrons. The highest BCUT2D eigenvalue weighted by Gasteiger charge is 2.26. The van der Waals surface area contributed by atoms with Crippen molar-refractivity contribution in [3.05, 3.63) is 22.2 Å². The maximum absolute atomic E-state index is 9.51. The lowest BCUT2D eigenvalue weighted by atomic mass is 10.0. The van der Waals surface area contributed by atoms with Crippen LogP contribution in [0.3, 0.4) is 0 Å².